The Labute approximate surface area is 339 Å². The Balaban J connectivity index is 1.04. The van der Waals surface area contributed by atoms with Crippen LogP contribution >= 0.6 is 11.6 Å². The van der Waals surface area contributed by atoms with Crippen LogP contribution in [-0.2, 0) is 35.3 Å². The van der Waals surface area contributed by atoms with Gasteiger partial charge in [-0.15, -0.1) is 0 Å². The smallest absolute Gasteiger partial charge is 0.421 e. The van der Waals surface area contributed by atoms with Gasteiger partial charge in [-0.3, -0.25) is 14.5 Å². The number of pyridine rings is 2. The van der Waals surface area contributed by atoms with Gasteiger partial charge in [-0.25, -0.2) is 4.98 Å². The van der Waals surface area contributed by atoms with Gasteiger partial charge < -0.3 is 30.0 Å². The van der Waals surface area contributed by atoms with E-state index in [0.29, 0.717) is 79.8 Å². The molecule has 0 spiro atoms. The van der Waals surface area contributed by atoms with Gasteiger partial charge in [0.25, 0.3) is 0 Å². The number of carboxylic acids is 1. The number of benzene rings is 2. The first-order chi connectivity index (χ1) is 27.9. The molecule has 2 bridgehead atoms. The Morgan fingerprint density at radius 2 is 1.67 bits per heavy atom. The Hall–Kier alpha value is -4.92. The third-order valence-electron chi connectivity index (χ3n) is 12.3. The molecule has 2 aromatic carbocycles. The summed E-state index contributed by atoms with van der Waals surface area (Å²) in [5.74, 6) is -0.764. The molecule has 2 aliphatic carbocycles. The number of halogens is 4. The fraction of sp³-hybridized carbons (Fsp3) is 0.442. The number of nitrogens with one attached hydrogen (secondary N) is 2. The summed E-state index contributed by atoms with van der Waals surface area (Å²) in [5, 5.41) is 17.0. The molecule has 4 fully saturated rings. The molecule has 5 aliphatic rings. The number of piperidine rings is 2. The average Bonchev–Trinajstić information content (AvgIpc) is 3.83. The molecule has 1 saturated carbocycles. The second-order valence-electron chi connectivity index (χ2n) is 15.7. The molecule has 3 aliphatic heterocycles. The summed E-state index contributed by atoms with van der Waals surface area (Å²) in [7, 11) is 2.90. The quantitative estimate of drug-likeness (QED) is 0.123. The number of aliphatic carboxylic acids is 1. The molecule has 306 valence electrons. The molecule has 15 heteroatoms. The second kappa shape index (κ2) is 16.0. The zero-order valence-electron chi connectivity index (χ0n) is 32.3. The lowest BCUT2D eigenvalue weighted by atomic mass is 9.70. The van der Waals surface area contributed by atoms with Crippen LogP contribution < -0.4 is 24.8 Å². The fourth-order valence-corrected chi connectivity index (χ4v) is 9.55. The zero-order chi connectivity index (χ0) is 40.8. The number of carbonyl (C=O) groups excluding carboxylic acids is 1. The summed E-state index contributed by atoms with van der Waals surface area (Å²) in [6, 6.07) is 16.2. The summed E-state index contributed by atoms with van der Waals surface area (Å²) in [6.45, 7) is 1.58. The lowest BCUT2D eigenvalue weighted by molar-refractivity contribution is -0.162. The third-order valence-corrected chi connectivity index (χ3v) is 12.7. The van der Waals surface area contributed by atoms with E-state index in [2.05, 4.69) is 15.6 Å². The van der Waals surface area contributed by atoms with Gasteiger partial charge >= 0.3 is 12.1 Å². The van der Waals surface area contributed by atoms with Crippen molar-refractivity contribution in [1.82, 2.24) is 25.5 Å². The SMILES string of the molecule is COc1nc(-c2cccc(-c3cccc4c3CC[C@@H]4Oc3nc(OC)c(CN4CC5CCC4(C(=O)O)CC5)cc3C(F)(F)F)c2Cl)ccc1CNC[C@@H]1CCC(=O)N1. The van der Waals surface area contributed by atoms with Crippen LogP contribution in [0.15, 0.2) is 54.6 Å². The predicted octanol–water partition coefficient (Wildman–Crippen LogP) is 7.76. The molecule has 3 saturated heterocycles. The summed E-state index contributed by atoms with van der Waals surface area (Å²) < 4.78 is 61.6. The van der Waals surface area contributed by atoms with Crippen molar-refractivity contribution in [2.45, 2.75) is 88.3 Å². The molecule has 2 aromatic heterocycles. The van der Waals surface area contributed by atoms with E-state index in [9.17, 15) is 27.9 Å². The summed E-state index contributed by atoms with van der Waals surface area (Å²) >= 11 is 7.14. The highest BCUT2D eigenvalue weighted by molar-refractivity contribution is 6.36. The summed E-state index contributed by atoms with van der Waals surface area (Å²) in [4.78, 5) is 34.9. The number of aromatic nitrogens is 2. The maximum atomic E-state index is 14.8. The van der Waals surface area contributed by atoms with Crippen LogP contribution in [0.25, 0.3) is 22.4 Å². The van der Waals surface area contributed by atoms with Crippen molar-refractivity contribution < 1.29 is 42.1 Å². The minimum Gasteiger partial charge on any atom is -0.481 e. The number of hydrogen-bond donors (Lipinski definition) is 3. The molecular weight excluding hydrogens is 775 g/mol. The zero-order valence-corrected chi connectivity index (χ0v) is 33.0. The lowest BCUT2D eigenvalue weighted by Crippen LogP contribution is -2.62. The third kappa shape index (κ3) is 7.57. The Morgan fingerprint density at radius 3 is 2.38 bits per heavy atom. The first-order valence-electron chi connectivity index (χ1n) is 19.6. The number of alkyl halides is 3. The van der Waals surface area contributed by atoms with E-state index in [4.69, 9.17) is 30.8 Å². The minimum absolute atomic E-state index is 0.0332. The van der Waals surface area contributed by atoms with Crippen molar-refractivity contribution in [2.75, 3.05) is 27.3 Å². The van der Waals surface area contributed by atoms with Crippen molar-refractivity contribution in [2.24, 2.45) is 5.92 Å². The average molecular weight is 820 g/mol. The topological polar surface area (TPSA) is 135 Å². The van der Waals surface area contributed by atoms with Gasteiger partial charge in [0.15, 0.2) is 0 Å². The Kier molecular flexibility index (Phi) is 11.0. The van der Waals surface area contributed by atoms with Crippen LogP contribution in [0.5, 0.6) is 17.6 Å². The standard InChI is InChI=1S/C43H45ClF3N5O6/c1-56-38-25(20-48-21-27-10-14-36(53)49-27)9-12-34(50-38)32-8-4-7-31(37(32)44)28-5-3-6-30-29(28)11-13-35(30)58-40-33(43(45,46)47)19-26(39(51-40)57-2)23-52-22-24-15-17-42(52,18-16-24)41(54)55/h3-9,12,19,24,27,35,48H,10-11,13-18,20-23H2,1-2H3,(H,49,53)(H,54,55)/t24?,27-,35-,42?/m0/s1. The van der Waals surface area contributed by atoms with Gasteiger partial charge in [-0.1, -0.05) is 54.1 Å². The Morgan fingerprint density at radius 1 is 0.948 bits per heavy atom. The van der Waals surface area contributed by atoms with Gasteiger partial charge in [-0.05, 0) is 79.7 Å². The highest BCUT2D eigenvalue weighted by Crippen LogP contribution is 2.48. The van der Waals surface area contributed by atoms with Gasteiger partial charge in [0, 0.05) is 60.9 Å². The van der Waals surface area contributed by atoms with E-state index in [1.54, 1.807) is 12.0 Å². The molecule has 0 unspecified atom stereocenters. The number of fused-ring (bicyclic) bond motifs is 4. The van der Waals surface area contributed by atoms with Crippen LogP contribution in [0.4, 0.5) is 13.2 Å². The summed E-state index contributed by atoms with van der Waals surface area (Å²) in [5.41, 5.74) is 3.37. The number of amides is 1. The molecule has 11 nitrogen and oxygen atoms in total. The largest absolute Gasteiger partial charge is 0.481 e. The van der Waals surface area contributed by atoms with Gasteiger partial charge in [-0.2, -0.15) is 18.2 Å². The van der Waals surface area contributed by atoms with Crippen LogP contribution in [0.3, 0.4) is 0 Å². The van der Waals surface area contributed by atoms with Crippen LogP contribution in [0.2, 0.25) is 5.02 Å². The number of hydrogen-bond acceptors (Lipinski definition) is 9. The molecule has 3 N–H and O–H groups in total. The van der Waals surface area contributed by atoms with Gasteiger partial charge in [0.1, 0.15) is 17.2 Å². The predicted molar refractivity (Wildman–Crippen MR) is 210 cm³/mol. The highest BCUT2D eigenvalue weighted by Gasteiger charge is 2.52. The molecule has 58 heavy (non-hydrogen) atoms. The lowest BCUT2D eigenvalue weighted by Gasteiger charge is -2.52. The van der Waals surface area contributed by atoms with Crippen molar-refractivity contribution in [3.8, 4) is 40.0 Å². The van der Waals surface area contributed by atoms with Crippen molar-refractivity contribution in [3.63, 3.8) is 0 Å². The van der Waals surface area contributed by atoms with E-state index >= 15 is 0 Å². The van der Waals surface area contributed by atoms with E-state index < -0.39 is 35.2 Å². The number of carboxylic acid groups (broad SMARTS) is 1. The maximum absolute atomic E-state index is 14.8. The minimum atomic E-state index is -4.80. The Bertz CT molecular complexity index is 2230. The number of methoxy groups -OCH3 is 2. The molecular formula is C43H45ClF3N5O6. The van der Waals surface area contributed by atoms with E-state index in [1.165, 1.54) is 7.11 Å². The number of nitrogens with zero attached hydrogens (tertiary/aromatic N) is 3. The van der Waals surface area contributed by atoms with Crippen molar-refractivity contribution in [1.29, 1.82) is 0 Å². The van der Waals surface area contributed by atoms with Crippen LogP contribution in [-0.4, -0.2) is 70.7 Å². The fourth-order valence-electron chi connectivity index (χ4n) is 9.22. The van der Waals surface area contributed by atoms with Crippen LogP contribution in [0.1, 0.15) is 78.9 Å². The van der Waals surface area contributed by atoms with E-state index in [1.807, 2.05) is 48.5 Å². The van der Waals surface area contributed by atoms with Crippen molar-refractivity contribution >= 4 is 23.5 Å². The molecule has 1 amide bonds. The first-order valence-corrected chi connectivity index (χ1v) is 20.0. The highest BCUT2D eigenvalue weighted by atomic mass is 35.5. The molecule has 2 atom stereocenters. The molecule has 5 heterocycles. The molecule has 0 radical (unpaired) electrons. The second-order valence-corrected chi connectivity index (χ2v) is 16.0. The normalized spacial score (nSPS) is 22.8. The van der Waals surface area contributed by atoms with E-state index in [0.717, 1.165) is 53.1 Å². The van der Waals surface area contributed by atoms with Crippen molar-refractivity contribution in [3.05, 3.63) is 87.4 Å². The van der Waals surface area contributed by atoms with Crippen LogP contribution in [0, 0.1) is 5.92 Å². The number of ether oxygens (including phenoxy) is 3. The van der Waals surface area contributed by atoms with Gasteiger partial charge in [0.05, 0.1) is 24.9 Å². The van der Waals surface area contributed by atoms with Gasteiger partial charge in [0.2, 0.25) is 23.5 Å². The maximum Gasteiger partial charge on any atom is 0.421 e. The molecule has 4 aromatic rings. The number of carbonyl (C=O) groups is 2. The molecule has 9 rings (SSSR count). The summed E-state index contributed by atoms with van der Waals surface area (Å²) in [6.07, 6.45) is -0.788. The monoisotopic (exact) mass is 819 g/mol. The van der Waals surface area contributed by atoms with E-state index in [-0.39, 0.29) is 29.9 Å². The number of rotatable bonds is 13. The first kappa shape index (κ1) is 39.9.